The van der Waals surface area contributed by atoms with E-state index in [1.807, 2.05) is 81.1 Å². The monoisotopic (exact) mass is 813 g/mol. The zero-order chi connectivity index (χ0) is 42.7. The quantitative estimate of drug-likeness (QED) is 0.137. The minimum atomic E-state index is -0.811. The van der Waals surface area contributed by atoms with Crippen molar-refractivity contribution in [3.8, 4) is 40.4 Å². The van der Waals surface area contributed by atoms with Gasteiger partial charge in [0.15, 0.2) is 0 Å². The molecule has 4 aromatic rings. The third kappa shape index (κ3) is 8.86. The van der Waals surface area contributed by atoms with Crippen molar-refractivity contribution in [2.24, 2.45) is 23.2 Å². The second-order valence-electron chi connectivity index (χ2n) is 16.7. The summed E-state index contributed by atoms with van der Waals surface area (Å²) in [6.07, 6.45) is 5.61. The van der Waals surface area contributed by atoms with Gasteiger partial charge in [-0.3, -0.25) is 9.59 Å². The van der Waals surface area contributed by atoms with Crippen molar-refractivity contribution in [3.05, 3.63) is 83.7 Å². The summed E-state index contributed by atoms with van der Waals surface area (Å²) in [6, 6.07) is 15.8. The molecule has 2 aliphatic heterocycles. The van der Waals surface area contributed by atoms with Crippen molar-refractivity contribution in [2.45, 2.75) is 77.5 Å². The first kappa shape index (κ1) is 41.5. The third-order valence-electron chi connectivity index (χ3n) is 11.9. The largest absolute Gasteiger partial charge is 0.453 e. The van der Waals surface area contributed by atoms with Crippen LogP contribution in [0.15, 0.2) is 60.9 Å². The number of hydrogen-bond acceptors (Lipinski definition) is 9. The van der Waals surface area contributed by atoms with Crippen LogP contribution < -0.4 is 10.6 Å². The number of carbonyl (C=O) groups is 4. The van der Waals surface area contributed by atoms with Crippen molar-refractivity contribution in [2.75, 3.05) is 27.3 Å². The molecule has 1 aliphatic carbocycles. The molecule has 0 bridgehead atoms. The molecule has 3 fully saturated rings. The number of aromatic nitrogens is 4. The molecule has 2 saturated heterocycles. The van der Waals surface area contributed by atoms with Gasteiger partial charge >= 0.3 is 12.2 Å². The fourth-order valence-electron chi connectivity index (χ4n) is 8.18. The van der Waals surface area contributed by atoms with E-state index in [1.165, 1.54) is 14.2 Å². The number of carbonyl (C=O) groups excluding carboxylic acids is 4. The number of ether oxygens (including phenoxy) is 2. The molecule has 1 saturated carbocycles. The first-order valence-electron chi connectivity index (χ1n) is 20.3. The van der Waals surface area contributed by atoms with Crippen molar-refractivity contribution in [1.82, 2.24) is 40.4 Å². The maximum Gasteiger partial charge on any atom is 0.407 e. The lowest BCUT2D eigenvalue weighted by Gasteiger charge is -2.30. The molecular formula is C45H51N9O6. The van der Waals surface area contributed by atoms with E-state index >= 15 is 0 Å². The molecule has 15 nitrogen and oxygen atoms in total. The fourth-order valence-corrected chi connectivity index (χ4v) is 8.18. The van der Waals surface area contributed by atoms with Gasteiger partial charge in [-0.2, -0.15) is 5.26 Å². The molecule has 2 aromatic heterocycles. The molecule has 0 unspecified atom stereocenters. The summed E-state index contributed by atoms with van der Waals surface area (Å²) >= 11 is 0. The molecule has 60 heavy (non-hydrogen) atoms. The Morgan fingerprint density at radius 2 is 1.22 bits per heavy atom. The van der Waals surface area contributed by atoms with Gasteiger partial charge in [-0.15, -0.1) is 0 Å². The first-order valence-corrected chi connectivity index (χ1v) is 20.3. The van der Waals surface area contributed by atoms with E-state index in [1.54, 1.807) is 17.3 Å². The van der Waals surface area contributed by atoms with E-state index in [4.69, 9.17) is 14.5 Å². The maximum atomic E-state index is 13.8. The lowest BCUT2D eigenvalue weighted by molar-refractivity contribution is -0.136. The smallest absolute Gasteiger partial charge is 0.407 e. The predicted octanol–water partition coefficient (Wildman–Crippen LogP) is 6.09. The second kappa shape index (κ2) is 17.3. The number of alkyl carbamates (subject to hydrolysis) is 2. The molecule has 3 aliphatic rings. The maximum absolute atomic E-state index is 13.8. The Hall–Kier alpha value is -6.61. The third-order valence-corrected chi connectivity index (χ3v) is 11.9. The number of rotatable bonds is 10. The number of imidazole rings is 2. The van der Waals surface area contributed by atoms with Crippen molar-refractivity contribution in [3.63, 3.8) is 0 Å². The summed E-state index contributed by atoms with van der Waals surface area (Å²) in [7, 11) is 2.54. The lowest BCUT2D eigenvalue weighted by Crippen LogP contribution is -2.51. The molecule has 4 heterocycles. The van der Waals surface area contributed by atoms with Crippen LogP contribution in [0.4, 0.5) is 9.59 Å². The van der Waals surface area contributed by atoms with E-state index in [0.717, 1.165) is 58.7 Å². The minimum absolute atomic E-state index is 0.110. The summed E-state index contributed by atoms with van der Waals surface area (Å²) in [5.74, 6) is 6.69. The first-order chi connectivity index (χ1) is 28.8. The average molecular weight is 814 g/mol. The van der Waals surface area contributed by atoms with Crippen LogP contribution >= 0.6 is 0 Å². The summed E-state index contributed by atoms with van der Waals surface area (Å²) in [5, 5.41) is 15.1. The standard InChI is InChI=1S/C45H51N9O6/c1-26(2)37(51-43(57)59-5)41(55)53-24-30(21-46)19-35(53)39-47-22-33(49-39)31-13-9-28(10-14-31)7-8-29-11-15-32(16-12-29)34-23-48-40(50-34)36-20-45(17-18-45)25-54(36)42(56)38(27(3)4)52-44(58)60-6/h9-16,22-23,26-27,30,35-38H,17-20,24-25H2,1-6H3,(H,47,49)(H,48,50)(H,51,57)(H,52,58)/t30-,35+,36+,37+,38+/m1/s1. The Balaban J connectivity index is 1.00. The van der Waals surface area contributed by atoms with Crippen LogP contribution in [0.25, 0.3) is 22.5 Å². The van der Waals surface area contributed by atoms with Crippen molar-refractivity contribution in [1.29, 1.82) is 5.26 Å². The Morgan fingerprint density at radius 3 is 1.65 bits per heavy atom. The van der Waals surface area contributed by atoms with Crippen LogP contribution in [-0.2, 0) is 19.1 Å². The molecule has 5 atom stereocenters. The Kier molecular flexibility index (Phi) is 12.0. The Labute approximate surface area is 349 Å². The highest BCUT2D eigenvalue weighted by Gasteiger charge is 2.55. The topological polar surface area (TPSA) is 198 Å². The number of benzene rings is 2. The number of hydrogen-bond donors (Lipinski definition) is 4. The fraction of sp³-hybridized carbons (Fsp3) is 0.444. The lowest BCUT2D eigenvalue weighted by atomic mass is 10.0. The summed E-state index contributed by atoms with van der Waals surface area (Å²) < 4.78 is 9.54. The van der Waals surface area contributed by atoms with E-state index in [9.17, 15) is 24.4 Å². The highest BCUT2D eigenvalue weighted by molar-refractivity contribution is 5.87. The van der Waals surface area contributed by atoms with Crippen LogP contribution in [0.3, 0.4) is 0 Å². The molecule has 4 amide bonds. The van der Waals surface area contributed by atoms with Gasteiger partial charge in [-0.1, -0.05) is 63.8 Å². The van der Waals surface area contributed by atoms with Gasteiger partial charge in [0, 0.05) is 24.2 Å². The minimum Gasteiger partial charge on any atom is -0.453 e. The van der Waals surface area contributed by atoms with Gasteiger partial charge in [0.1, 0.15) is 23.7 Å². The molecular weight excluding hydrogens is 763 g/mol. The van der Waals surface area contributed by atoms with Crippen LogP contribution in [-0.4, -0.2) is 93.1 Å². The van der Waals surface area contributed by atoms with Crippen molar-refractivity contribution >= 4 is 24.0 Å². The number of H-pyrrole nitrogens is 2. The number of likely N-dealkylation sites (tertiary alicyclic amines) is 2. The molecule has 1 spiro atoms. The van der Waals surface area contributed by atoms with Crippen LogP contribution in [0.5, 0.6) is 0 Å². The van der Waals surface area contributed by atoms with Crippen molar-refractivity contribution < 1.29 is 28.7 Å². The SMILES string of the molecule is COC(=O)N[C@H](C(=O)N1C[C@@H](C#N)C[C@H]1c1ncc(-c2ccc(C#Cc3ccc(-c4cnc([C@@H]5CC6(CC6)CN5C(=O)[C@@H](NC(=O)OC)C(C)C)[nH]4)cc3)cc2)[nH]1)C(C)C. The normalized spacial score (nSPS) is 19.9. The average Bonchev–Trinajstić information content (AvgIpc) is 3.75. The number of methoxy groups -OCH3 is 2. The van der Waals surface area contributed by atoms with E-state index < -0.39 is 30.3 Å². The molecule has 4 N–H and O–H groups in total. The number of nitrogens with one attached hydrogen (secondary N) is 4. The molecule has 0 radical (unpaired) electrons. The highest BCUT2D eigenvalue weighted by Crippen LogP contribution is 2.58. The summed E-state index contributed by atoms with van der Waals surface area (Å²) in [6.45, 7) is 8.39. The highest BCUT2D eigenvalue weighted by atomic mass is 16.5. The van der Waals surface area contributed by atoms with Crippen LogP contribution in [0.2, 0.25) is 0 Å². The molecule has 2 aromatic carbocycles. The van der Waals surface area contributed by atoms with Gasteiger partial charge in [0.2, 0.25) is 11.8 Å². The molecule has 7 rings (SSSR count). The summed E-state index contributed by atoms with van der Waals surface area (Å²) in [5.41, 5.74) is 5.21. The second-order valence-corrected chi connectivity index (χ2v) is 16.7. The molecule has 15 heteroatoms. The Morgan fingerprint density at radius 1 is 0.750 bits per heavy atom. The number of nitrogens with zero attached hydrogens (tertiary/aromatic N) is 5. The zero-order valence-electron chi connectivity index (χ0n) is 34.7. The van der Waals surface area contributed by atoms with Gasteiger partial charge < -0.3 is 39.9 Å². The van der Waals surface area contributed by atoms with E-state index in [0.29, 0.717) is 18.8 Å². The number of nitriles is 1. The zero-order valence-corrected chi connectivity index (χ0v) is 34.7. The van der Waals surface area contributed by atoms with Gasteiger partial charge in [-0.05, 0) is 78.3 Å². The number of amides is 4. The van der Waals surface area contributed by atoms with E-state index in [2.05, 4.69) is 43.5 Å². The Bertz CT molecular complexity index is 2330. The molecule has 312 valence electrons. The number of aromatic amines is 2. The summed E-state index contributed by atoms with van der Waals surface area (Å²) in [4.78, 5) is 71.2. The van der Waals surface area contributed by atoms with E-state index in [-0.39, 0.29) is 47.6 Å². The van der Waals surface area contributed by atoms with Gasteiger partial charge in [0.05, 0.1) is 62.1 Å². The van der Waals surface area contributed by atoms with Gasteiger partial charge in [0.25, 0.3) is 0 Å². The van der Waals surface area contributed by atoms with Gasteiger partial charge in [-0.25, -0.2) is 19.6 Å². The van der Waals surface area contributed by atoms with Crippen LogP contribution in [0.1, 0.15) is 88.2 Å². The van der Waals surface area contributed by atoms with Crippen LogP contribution in [0, 0.1) is 46.3 Å². The predicted molar refractivity (Wildman–Crippen MR) is 221 cm³/mol.